The Kier molecular flexibility index (Phi) is 10.1. The van der Waals surface area contributed by atoms with Crippen molar-refractivity contribution in [2.24, 2.45) is 10.7 Å². The molecular formula is C16H26IN3O. The highest BCUT2D eigenvalue weighted by Crippen LogP contribution is 2.21. The lowest BCUT2D eigenvalue weighted by molar-refractivity contribution is 0.175. The van der Waals surface area contributed by atoms with Gasteiger partial charge in [0.25, 0.3) is 0 Å². The highest BCUT2D eigenvalue weighted by atomic mass is 127. The van der Waals surface area contributed by atoms with E-state index in [0.29, 0.717) is 25.5 Å². The number of hydrogen-bond donors (Lipinski definition) is 3. The quantitative estimate of drug-likeness (QED) is 0.284. The Balaban J connectivity index is 0.00000400. The Morgan fingerprint density at radius 3 is 2.52 bits per heavy atom. The Hall–Kier alpha value is -1.08. The highest BCUT2D eigenvalue weighted by molar-refractivity contribution is 14.0. The van der Waals surface area contributed by atoms with Gasteiger partial charge >= 0.3 is 0 Å². The second kappa shape index (κ2) is 10.6. The molecule has 2 unspecified atom stereocenters. The minimum atomic E-state index is -0.361. The topological polar surface area (TPSA) is 70.6 Å². The van der Waals surface area contributed by atoms with E-state index in [1.54, 1.807) is 6.92 Å². The molecule has 1 aromatic rings. The van der Waals surface area contributed by atoms with E-state index in [9.17, 15) is 5.11 Å². The van der Waals surface area contributed by atoms with E-state index in [0.717, 1.165) is 5.57 Å². The summed E-state index contributed by atoms with van der Waals surface area (Å²) >= 11 is 0. The summed E-state index contributed by atoms with van der Waals surface area (Å²) in [6.07, 6.45) is 0.307. The lowest BCUT2D eigenvalue weighted by Crippen LogP contribution is -2.33. The Morgan fingerprint density at radius 2 is 2.00 bits per heavy atom. The summed E-state index contributed by atoms with van der Waals surface area (Å²) in [4.78, 5) is 4.36. The fourth-order valence-electron chi connectivity index (χ4n) is 1.96. The van der Waals surface area contributed by atoms with Crippen LogP contribution in [0.3, 0.4) is 0 Å². The minimum Gasteiger partial charge on any atom is -0.393 e. The Morgan fingerprint density at radius 1 is 1.38 bits per heavy atom. The minimum absolute atomic E-state index is 0. The van der Waals surface area contributed by atoms with Crippen LogP contribution in [0.1, 0.15) is 31.7 Å². The van der Waals surface area contributed by atoms with Crippen LogP contribution in [0, 0.1) is 0 Å². The maximum absolute atomic E-state index is 9.62. The van der Waals surface area contributed by atoms with E-state index in [4.69, 9.17) is 5.73 Å². The molecule has 0 aliphatic heterocycles. The van der Waals surface area contributed by atoms with Crippen LogP contribution < -0.4 is 11.1 Å². The average Bonchev–Trinajstić information content (AvgIpc) is 2.41. The number of guanidine groups is 1. The van der Waals surface area contributed by atoms with Gasteiger partial charge in [0.15, 0.2) is 5.96 Å². The van der Waals surface area contributed by atoms with Crippen LogP contribution in [0.5, 0.6) is 0 Å². The molecule has 4 N–H and O–H groups in total. The number of aliphatic hydroxyl groups excluding tert-OH is 1. The van der Waals surface area contributed by atoms with Crippen molar-refractivity contribution in [3.8, 4) is 0 Å². The van der Waals surface area contributed by atoms with Crippen molar-refractivity contribution in [3.05, 3.63) is 48.0 Å². The maximum Gasteiger partial charge on any atom is 0.188 e. The van der Waals surface area contributed by atoms with Gasteiger partial charge in [-0.3, -0.25) is 4.99 Å². The van der Waals surface area contributed by atoms with Gasteiger partial charge in [-0.05, 0) is 25.8 Å². The monoisotopic (exact) mass is 403 g/mol. The summed E-state index contributed by atoms with van der Waals surface area (Å²) in [5.41, 5.74) is 7.99. The molecule has 4 nitrogen and oxygen atoms in total. The first-order valence-corrected chi connectivity index (χ1v) is 6.90. The van der Waals surface area contributed by atoms with Gasteiger partial charge in [0.2, 0.25) is 0 Å². The van der Waals surface area contributed by atoms with E-state index in [2.05, 4.69) is 29.0 Å². The molecule has 0 fully saturated rings. The molecule has 0 heterocycles. The third-order valence-electron chi connectivity index (χ3n) is 2.95. The van der Waals surface area contributed by atoms with E-state index < -0.39 is 0 Å². The fourth-order valence-corrected chi connectivity index (χ4v) is 1.96. The number of aliphatic imine (C=N–C) groups is 1. The SMILES string of the molecule is C=C(C)CNC(N)=NCC(CC(C)O)c1ccccc1.I. The molecule has 1 rings (SSSR count). The zero-order valence-electron chi connectivity index (χ0n) is 12.7. The van der Waals surface area contributed by atoms with Gasteiger partial charge in [-0.1, -0.05) is 42.5 Å². The van der Waals surface area contributed by atoms with Crippen molar-refractivity contribution in [3.63, 3.8) is 0 Å². The molecule has 0 aliphatic rings. The Bertz CT molecular complexity index is 446. The van der Waals surface area contributed by atoms with Gasteiger partial charge in [0.05, 0.1) is 6.10 Å². The summed E-state index contributed by atoms with van der Waals surface area (Å²) in [6.45, 7) is 8.71. The number of nitrogens with two attached hydrogens (primary N) is 1. The van der Waals surface area contributed by atoms with E-state index in [-0.39, 0.29) is 36.0 Å². The summed E-state index contributed by atoms with van der Waals surface area (Å²) in [7, 11) is 0. The first-order chi connectivity index (χ1) is 9.49. The summed E-state index contributed by atoms with van der Waals surface area (Å²) in [5, 5.41) is 12.6. The molecule has 0 spiro atoms. The van der Waals surface area contributed by atoms with Crippen molar-refractivity contribution < 1.29 is 5.11 Å². The predicted molar refractivity (Wildman–Crippen MR) is 100 cm³/mol. The second-order valence-electron chi connectivity index (χ2n) is 5.23. The van der Waals surface area contributed by atoms with Crippen molar-refractivity contribution in [1.82, 2.24) is 5.32 Å². The maximum atomic E-state index is 9.62. The number of halogens is 1. The molecule has 118 valence electrons. The summed E-state index contributed by atoms with van der Waals surface area (Å²) < 4.78 is 0. The zero-order valence-corrected chi connectivity index (χ0v) is 15.1. The van der Waals surface area contributed by atoms with Crippen LogP contribution in [-0.2, 0) is 0 Å². The number of rotatable bonds is 7. The zero-order chi connectivity index (χ0) is 15.0. The van der Waals surface area contributed by atoms with Crippen LogP contribution in [0.4, 0.5) is 0 Å². The van der Waals surface area contributed by atoms with Gasteiger partial charge < -0.3 is 16.2 Å². The molecule has 0 amide bonds. The number of aliphatic hydroxyl groups is 1. The van der Waals surface area contributed by atoms with Crippen molar-refractivity contribution in [2.75, 3.05) is 13.1 Å². The highest BCUT2D eigenvalue weighted by Gasteiger charge is 2.13. The first-order valence-electron chi connectivity index (χ1n) is 6.90. The van der Waals surface area contributed by atoms with E-state index in [1.165, 1.54) is 5.56 Å². The molecule has 0 saturated heterocycles. The molecule has 0 saturated carbocycles. The smallest absolute Gasteiger partial charge is 0.188 e. The van der Waals surface area contributed by atoms with Gasteiger partial charge in [-0.25, -0.2) is 0 Å². The average molecular weight is 403 g/mol. The summed E-state index contributed by atoms with van der Waals surface area (Å²) in [5.74, 6) is 0.584. The van der Waals surface area contributed by atoms with E-state index in [1.807, 2.05) is 25.1 Å². The van der Waals surface area contributed by atoms with Crippen LogP contribution in [0.25, 0.3) is 0 Å². The van der Waals surface area contributed by atoms with Gasteiger partial charge in [-0.2, -0.15) is 0 Å². The lowest BCUT2D eigenvalue weighted by atomic mass is 9.93. The molecule has 0 aromatic heterocycles. The standard InChI is InChI=1S/C16H25N3O.HI/c1-12(2)10-18-16(17)19-11-15(9-13(3)20)14-7-5-4-6-8-14;/h4-8,13,15,20H,1,9-11H2,2-3H3,(H3,17,18,19);1H. The van der Waals surface area contributed by atoms with Crippen LogP contribution in [-0.4, -0.2) is 30.3 Å². The van der Waals surface area contributed by atoms with Crippen molar-refractivity contribution in [2.45, 2.75) is 32.3 Å². The van der Waals surface area contributed by atoms with Gasteiger partial charge in [-0.15, -0.1) is 24.0 Å². The molecule has 5 heteroatoms. The van der Waals surface area contributed by atoms with Crippen molar-refractivity contribution >= 4 is 29.9 Å². The molecule has 1 aromatic carbocycles. The first kappa shape index (κ1) is 19.9. The molecule has 21 heavy (non-hydrogen) atoms. The van der Waals surface area contributed by atoms with Crippen LogP contribution in [0.15, 0.2) is 47.5 Å². The Labute approximate surface area is 144 Å². The van der Waals surface area contributed by atoms with Crippen LogP contribution >= 0.6 is 24.0 Å². The van der Waals surface area contributed by atoms with Gasteiger partial charge in [0, 0.05) is 19.0 Å². The molecular weight excluding hydrogens is 377 g/mol. The number of nitrogens with one attached hydrogen (secondary N) is 1. The molecule has 0 bridgehead atoms. The van der Waals surface area contributed by atoms with Crippen LogP contribution in [0.2, 0.25) is 0 Å². The molecule has 2 atom stereocenters. The fraction of sp³-hybridized carbons (Fsp3) is 0.438. The number of benzene rings is 1. The largest absolute Gasteiger partial charge is 0.393 e. The van der Waals surface area contributed by atoms with Gasteiger partial charge in [0.1, 0.15) is 0 Å². The number of hydrogen-bond acceptors (Lipinski definition) is 2. The lowest BCUT2D eigenvalue weighted by Gasteiger charge is -2.17. The van der Waals surface area contributed by atoms with Crippen molar-refractivity contribution in [1.29, 1.82) is 0 Å². The van der Waals surface area contributed by atoms with E-state index >= 15 is 0 Å². The normalized spacial score (nSPS) is 14.0. The third kappa shape index (κ3) is 8.72. The third-order valence-corrected chi connectivity index (χ3v) is 2.95. The predicted octanol–water partition coefficient (Wildman–Crippen LogP) is 2.64. The summed E-state index contributed by atoms with van der Waals surface area (Å²) in [6, 6.07) is 10.1. The second-order valence-corrected chi connectivity index (χ2v) is 5.23. The number of nitrogens with zero attached hydrogens (tertiary/aromatic N) is 1. The molecule has 0 radical (unpaired) electrons. The molecule has 0 aliphatic carbocycles.